The van der Waals surface area contributed by atoms with Crippen molar-refractivity contribution >= 4 is 34.6 Å². The Hall–Kier alpha value is -4.97. The van der Waals surface area contributed by atoms with Gasteiger partial charge in [0.2, 0.25) is 0 Å². The molecule has 1 N–H and O–H groups in total. The van der Waals surface area contributed by atoms with Gasteiger partial charge in [0.15, 0.2) is 17.5 Å². The van der Waals surface area contributed by atoms with Crippen LogP contribution in [0.5, 0.6) is 0 Å². The first-order valence-electron chi connectivity index (χ1n) is 15.0. The zero-order chi connectivity index (χ0) is 29.7. The van der Waals surface area contributed by atoms with E-state index in [0.717, 1.165) is 52.1 Å². The van der Waals surface area contributed by atoms with Gasteiger partial charge < -0.3 is 10.2 Å². The minimum absolute atomic E-state index is 0.0613. The second kappa shape index (κ2) is 10.4. The summed E-state index contributed by atoms with van der Waals surface area (Å²) in [5.74, 6) is 2.31. The SMILES string of the molecule is CCc1ccc(NC2=Nc3ccccc3N3C2=Nc2c(c(C)nn2-c2ccccc2)[C@H]3c2ccc(C(C)(C)C)cc2)cc1. The summed E-state index contributed by atoms with van der Waals surface area (Å²) in [6, 6.07) is 36.0. The molecule has 5 aromatic rings. The molecule has 7 rings (SSSR count). The lowest BCUT2D eigenvalue weighted by Gasteiger charge is -2.40. The maximum Gasteiger partial charge on any atom is 0.179 e. The molecule has 0 bridgehead atoms. The zero-order valence-corrected chi connectivity index (χ0v) is 25.3. The molecule has 6 nitrogen and oxygen atoms in total. The van der Waals surface area contributed by atoms with E-state index >= 15 is 0 Å². The minimum Gasteiger partial charge on any atom is -0.337 e. The Morgan fingerprint density at radius 3 is 2.19 bits per heavy atom. The van der Waals surface area contributed by atoms with Gasteiger partial charge in [-0.3, -0.25) is 0 Å². The van der Waals surface area contributed by atoms with Crippen LogP contribution in [0.4, 0.5) is 22.9 Å². The van der Waals surface area contributed by atoms with Crippen molar-refractivity contribution in [2.24, 2.45) is 9.98 Å². The number of hydrogen-bond acceptors (Lipinski definition) is 5. The first-order chi connectivity index (χ1) is 20.8. The quantitative estimate of drug-likeness (QED) is 0.237. The van der Waals surface area contributed by atoms with Gasteiger partial charge in [0.05, 0.1) is 28.8 Å². The first kappa shape index (κ1) is 26.9. The number of aromatic nitrogens is 2. The average molecular weight is 565 g/mol. The first-order valence-corrected chi connectivity index (χ1v) is 15.0. The third-order valence-electron chi connectivity index (χ3n) is 8.36. The number of nitrogens with one attached hydrogen (secondary N) is 1. The molecule has 0 saturated carbocycles. The molecule has 0 aliphatic carbocycles. The number of aryl methyl sites for hydroxylation is 2. The molecule has 6 heteroatoms. The lowest BCUT2D eigenvalue weighted by Crippen LogP contribution is -2.46. The summed E-state index contributed by atoms with van der Waals surface area (Å²) in [6.07, 6.45) is 0.996. The van der Waals surface area contributed by atoms with Crippen LogP contribution in [0.15, 0.2) is 113 Å². The summed E-state index contributed by atoms with van der Waals surface area (Å²) >= 11 is 0. The van der Waals surface area contributed by atoms with Crippen molar-refractivity contribution in [3.05, 3.63) is 131 Å². The molecule has 3 heterocycles. The highest BCUT2D eigenvalue weighted by atomic mass is 15.4. The van der Waals surface area contributed by atoms with Crippen molar-refractivity contribution < 1.29 is 0 Å². The molecule has 0 amide bonds. The van der Waals surface area contributed by atoms with Crippen molar-refractivity contribution in [2.45, 2.75) is 52.5 Å². The van der Waals surface area contributed by atoms with Gasteiger partial charge in [0.25, 0.3) is 0 Å². The van der Waals surface area contributed by atoms with Crippen LogP contribution in [-0.2, 0) is 11.8 Å². The lowest BCUT2D eigenvalue weighted by molar-refractivity contribution is 0.589. The van der Waals surface area contributed by atoms with E-state index in [-0.39, 0.29) is 11.5 Å². The standard InChI is InChI=1S/C37H36N6/c1-6-25-16-22-28(23-17-25)38-34-36-40-35-32(24(2)41-43(35)29-12-8-7-9-13-29)33(26-18-20-27(21-19-26)37(3,4)5)42(36)31-15-11-10-14-30(31)39-34/h7-23,33H,6H2,1-5H3,(H,38,39)/t33-/m1/s1. The molecule has 2 aliphatic rings. The summed E-state index contributed by atoms with van der Waals surface area (Å²) in [5, 5.41) is 8.68. The molecule has 0 radical (unpaired) electrons. The highest BCUT2D eigenvalue weighted by Gasteiger charge is 2.41. The van der Waals surface area contributed by atoms with E-state index in [0.29, 0.717) is 5.84 Å². The van der Waals surface area contributed by atoms with Crippen molar-refractivity contribution in [2.75, 3.05) is 10.2 Å². The summed E-state index contributed by atoms with van der Waals surface area (Å²) < 4.78 is 1.97. The summed E-state index contributed by atoms with van der Waals surface area (Å²) in [6.45, 7) is 11.0. The number of para-hydroxylation sites is 3. The summed E-state index contributed by atoms with van der Waals surface area (Å²) in [4.78, 5) is 12.8. The Morgan fingerprint density at radius 1 is 0.791 bits per heavy atom. The van der Waals surface area contributed by atoms with E-state index in [1.165, 1.54) is 16.7 Å². The van der Waals surface area contributed by atoms with E-state index in [1.807, 2.05) is 28.9 Å². The van der Waals surface area contributed by atoms with Gasteiger partial charge in [0.1, 0.15) is 0 Å². The Bertz CT molecular complexity index is 1860. The molecular formula is C37H36N6. The van der Waals surface area contributed by atoms with Gasteiger partial charge in [0, 0.05) is 11.3 Å². The molecule has 1 aromatic heterocycles. The second-order valence-corrected chi connectivity index (χ2v) is 12.3. The fourth-order valence-corrected chi connectivity index (χ4v) is 5.99. The van der Waals surface area contributed by atoms with E-state index in [2.05, 4.69) is 124 Å². The molecule has 0 spiro atoms. The Kier molecular flexibility index (Phi) is 6.50. The molecule has 43 heavy (non-hydrogen) atoms. The number of rotatable bonds is 4. The maximum atomic E-state index is 5.36. The monoisotopic (exact) mass is 564 g/mol. The third kappa shape index (κ3) is 4.73. The topological polar surface area (TPSA) is 57.8 Å². The molecule has 0 saturated heterocycles. The molecular weight excluding hydrogens is 528 g/mol. The van der Waals surface area contributed by atoms with Crippen LogP contribution >= 0.6 is 0 Å². The lowest BCUT2D eigenvalue weighted by atomic mass is 9.85. The Morgan fingerprint density at radius 2 is 1.49 bits per heavy atom. The zero-order valence-electron chi connectivity index (χ0n) is 25.3. The van der Waals surface area contributed by atoms with E-state index in [1.54, 1.807) is 0 Å². The highest BCUT2D eigenvalue weighted by Crippen LogP contribution is 2.48. The fourth-order valence-electron chi connectivity index (χ4n) is 5.99. The molecule has 1 atom stereocenters. The van der Waals surface area contributed by atoms with Crippen LogP contribution < -0.4 is 10.2 Å². The van der Waals surface area contributed by atoms with Gasteiger partial charge in [-0.05, 0) is 71.8 Å². The van der Waals surface area contributed by atoms with Crippen LogP contribution in [0.25, 0.3) is 5.69 Å². The number of fused-ring (bicyclic) bond motifs is 4. The average Bonchev–Trinajstić information content (AvgIpc) is 3.36. The van der Waals surface area contributed by atoms with E-state index < -0.39 is 0 Å². The van der Waals surface area contributed by atoms with Crippen LogP contribution in [0.2, 0.25) is 0 Å². The van der Waals surface area contributed by atoms with Crippen LogP contribution in [0, 0.1) is 6.92 Å². The number of anilines is 2. The minimum atomic E-state index is -0.148. The third-order valence-corrected chi connectivity index (χ3v) is 8.36. The number of amidine groups is 2. The molecule has 4 aromatic carbocycles. The molecule has 214 valence electrons. The van der Waals surface area contributed by atoms with Crippen LogP contribution in [0.3, 0.4) is 0 Å². The van der Waals surface area contributed by atoms with Gasteiger partial charge in [-0.15, -0.1) is 0 Å². The van der Waals surface area contributed by atoms with Gasteiger partial charge >= 0.3 is 0 Å². The predicted octanol–water partition coefficient (Wildman–Crippen LogP) is 8.84. The Labute approximate surface area is 253 Å². The van der Waals surface area contributed by atoms with Crippen LogP contribution in [-0.4, -0.2) is 21.5 Å². The van der Waals surface area contributed by atoms with Crippen LogP contribution in [0.1, 0.15) is 61.7 Å². The number of aliphatic imine (C=N–C) groups is 2. The number of nitrogens with zero attached hydrogens (tertiary/aromatic N) is 5. The normalized spacial score (nSPS) is 15.7. The van der Waals surface area contributed by atoms with Crippen molar-refractivity contribution in [3.8, 4) is 5.69 Å². The highest BCUT2D eigenvalue weighted by molar-refractivity contribution is 6.51. The molecule has 2 aliphatic heterocycles. The summed E-state index contributed by atoms with van der Waals surface area (Å²) in [5.41, 5.74) is 9.77. The summed E-state index contributed by atoms with van der Waals surface area (Å²) in [7, 11) is 0. The van der Waals surface area contributed by atoms with Crippen molar-refractivity contribution in [1.82, 2.24) is 9.78 Å². The van der Waals surface area contributed by atoms with Crippen molar-refractivity contribution in [3.63, 3.8) is 0 Å². The number of hydrogen-bond donors (Lipinski definition) is 1. The smallest absolute Gasteiger partial charge is 0.179 e. The Balaban J connectivity index is 1.46. The van der Waals surface area contributed by atoms with E-state index in [4.69, 9.17) is 15.1 Å². The second-order valence-electron chi connectivity index (χ2n) is 12.3. The number of benzene rings is 4. The maximum absolute atomic E-state index is 5.36. The van der Waals surface area contributed by atoms with Gasteiger partial charge in [-0.1, -0.05) is 94.4 Å². The van der Waals surface area contributed by atoms with E-state index in [9.17, 15) is 0 Å². The van der Waals surface area contributed by atoms with Crippen molar-refractivity contribution in [1.29, 1.82) is 0 Å². The fraction of sp³-hybridized carbons (Fsp3) is 0.216. The van der Waals surface area contributed by atoms with Gasteiger partial charge in [-0.2, -0.15) is 5.10 Å². The molecule has 0 fully saturated rings. The largest absolute Gasteiger partial charge is 0.337 e. The molecule has 0 unspecified atom stereocenters. The van der Waals surface area contributed by atoms with Gasteiger partial charge in [-0.25, -0.2) is 14.7 Å². The predicted molar refractivity (Wildman–Crippen MR) is 178 cm³/mol.